The molecule has 1 aromatic carbocycles. The van der Waals surface area contributed by atoms with Crippen molar-refractivity contribution < 1.29 is 13.2 Å². The molecular formula is C15H17NO3S2. The average molecular weight is 323 g/mol. The third-order valence-electron chi connectivity index (χ3n) is 2.99. The fourth-order valence-corrected chi connectivity index (χ4v) is 4.16. The second kappa shape index (κ2) is 6.51. The molecule has 0 amide bonds. The van der Waals surface area contributed by atoms with E-state index in [9.17, 15) is 13.2 Å². The van der Waals surface area contributed by atoms with Crippen molar-refractivity contribution in [3.8, 4) is 0 Å². The second-order valence-corrected chi connectivity index (χ2v) is 7.88. The summed E-state index contributed by atoms with van der Waals surface area (Å²) in [5, 5.41) is 0. The Morgan fingerprint density at radius 1 is 1.19 bits per heavy atom. The van der Waals surface area contributed by atoms with Crippen LogP contribution in [0.25, 0.3) is 0 Å². The van der Waals surface area contributed by atoms with Gasteiger partial charge in [-0.05, 0) is 44.5 Å². The van der Waals surface area contributed by atoms with Gasteiger partial charge in [-0.3, -0.25) is 4.79 Å². The van der Waals surface area contributed by atoms with Crippen molar-refractivity contribution in [2.75, 3.05) is 0 Å². The quantitative estimate of drug-likeness (QED) is 0.832. The van der Waals surface area contributed by atoms with Crippen LogP contribution in [0.3, 0.4) is 0 Å². The maximum absolute atomic E-state index is 12.2. The van der Waals surface area contributed by atoms with Crippen molar-refractivity contribution in [1.82, 2.24) is 4.72 Å². The Hall–Kier alpha value is -1.50. The molecule has 0 bridgehead atoms. The first-order valence-corrected chi connectivity index (χ1v) is 8.83. The molecular weight excluding hydrogens is 306 g/mol. The molecule has 0 saturated heterocycles. The Kier molecular flexibility index (Phi) is 4.92. The fraction of sp³-hybridized carbons (Fsp3) is 0.267. The van der Waals surface area contributed by atoms with Gasteiger partial charge in [-0.2, -0.15) is 0 Å². The smallest absolute Gasteiger partial charge is 0.240 e. The highest BCUT2D eigenvalue weighted by molar-refractivity contribution is 7.89. The zero-order valence-electron chi connectivity index (χ0n) is 11.9. The summed E-state index contributed by atoms with van der Waals surface area (Å²) in [6.45, 7) is 3.72. The zero-order chi connectivity index (χ0) is 15.5. The van der Waals surface area contributed by atoms with Crippen LogP contribution in [-0.2, 0) is 16.4 Å². The van der Waals surface area contributed by atoms with Crippen LogP contribution in [0.1, 0.15) is 27.0 Å². The number of carbonyl (C=O) groups excluding carboxylic acids is 1. The Morgan fingerprint density at radius 3 is 2.43 bits per heavy atom. The van der Waals surface area contributed by atoms with Gasteiger partial charge in [0.25, 0.3) is 0 Å². The Morgan fingerprint density at radius 2 is 1.86 bits per heavy atom. The lowest BCUT2D eigenvalue weighted by molar-refractivity contribution is 0.112. The van der Waals surface area contributed by atoms with Gasteiger partial charge in [-0.15, -0.1) is 11.3 Å². The van der Waals surface area contributed by atoms with Gasteiger partial charge < -0.3 is 0 Å². The summed E-state index contributed by atoms with van der Waals surface area (Å²) in [5.41, 5.74) is 1.02. The summed E-state index contributed by atoms with van der Waals surface area (Å²) in [6.07, 6.45) is 1.36. The van der Waals surface area contributed by atoms with E-state index in [-0.39, 0.29) is 10.9 Å². The SMILES string of the molecule is Cc1ccc(S(=O)(=O)NC(C)Cc2ccc(C=O)s2)cc1. The summed E-state index contributed by atoms with van der Waals surface area (Å²) in [6, 6.07) is 10.1. The number of aryl methyl sites for hydroxylation is 1. The van der Waals surface area contributed by atoms with Crippen molar-refractivity contribution in [1.29, 1.82) is 0 Å². The van der Waals surface area contributed by atoms with Crippen LogP contribution in [0.4, 0.5) is 0 Å². The van der Waals surface area contributed by atoms with Gasteiger partial charge in [0.15, 0.2) is 6.29 Å². The largest absolute Gasteiger partial charge is 0.297 e. The summed E-state index contributed by atoms with van der Waals surface area (Å²) >= 11 is 1.38. The number of carbonyl (C=O) groups is 1. The van der Waals surface area contributed by atoms with Crippen LogP contribution < -0.4 is 4.72 Å². The van der Waals surface area contributed by atoms with E-state index in [2.05, 4.69) is 4.72 Å². The molecule has 0 aliphatic carbocycles. The number of thiophene rings is 1. The lowest BCUT2D eigenvalue weighted by Gasteiger charge is -2.13. The number of sulfonamides is 1. The number of hydrogen-bond acceptors (Lipinski definition) is 4. The first-order valence-electron chi connectivity index (χ1n) is 6.53. The predicted octanol–water partition coefficient (Wildman–Crippen LogP) is 2.78. The maximum Gasteiger partial charge on any atom is 0.240 e. The molecule has 1 atom stereocenters. The number of benzene rings is 1. The Balaban J connectivity index is 2.05. The van der Waals surface area contributed by atoms with E-state index in [0.29, 0.717) is 11.3 Å². The molecule has 1 heterocycles. The molecule has 21 heavy (non-hydrogen) atoms. The van der Waals surface area contributed by atoms with Crippen LogP contribution in [0.15, 0.2) is 41.3 Å². The third-order valence-corrected chi connectivity index (χ3v) is 5.63. The fourth-order valence-electron chi connectivity index (χ4n) is 1.96. The molecule has 112 valence electrons. The molecule has 0 saturated carbocycles. The van der Waals surface area contributed by atoms with E-state index < -0.39 is 10.0 Å². The van der Waals surface area contributed by atoms with Crippen molar-refractivity contribution in [3.05, 3.63) is 51.7 Å². The van der Waals surface area contributed by atoms with Crippen molar-refractivity contribution in [3.63, 3.8) is 0 Å². The first kappa shape index (κ1) is 15.9. The van der Waals surface area contributed by atoms with Crippen LogP contribution in [0.5, 0.6) is 0 Å². The highest BCUT2D eigenvalue weighted by atomic mass is 32.2. The minimum absolute atomic E-state index is 0.241. The Labute approximate surface area is 128 Å². The lowest BCUT2D eigenvalue weighted by atomic mass is 10.2. The number of rotatable bonds is 6. The van der Waals surface area contributed by atoms with Gasteiger partial charge in [0.05, 0.1) is 9.77 Å². The van der Waals surface area contributed by atoms with Crippen molar-refractivity contribution >= 4 is 27.6 Å². The molecule has 0 radical (unpaired) electrons. The molecule has 0 spiro atoms. The molecule has 4 nitrogen and oxygen atoms in total. The lowest BCUT2D eigenvalue weighted by Crippen LogP contribution is -2.33. The third kappa shape index (κ3) is 4.23. The number of hydrogen-bond donors (Lipinski definition) is 1. The van der Waals surface area contributed by atoms with Crippen LogP contribution in [0.2, 0.25) is 0 Å². The number of aldehydes is 1. The minimum atomic E-state index is -3.51. The highest BCUT2D eigenvalue weighted by Gasteiger charge is 2.17. The van der Waals surface area contributed by atoms with Crippen molar-refractivity contribution in [2.24, 2.45) is 0 Å². The molecule has 0 aliphatic rings. The molecule has 2 rings (SSSR count). The normalized spacial score (nSPS) is 13.0. The minimum Gasteiger partial charge on any atom is -0.297 e. The molecule has 0 aliphatic heterocycles. The number of nitrogens with one attached hydrogen (secondary N) is 1. The van der Waals surface area contributed by atoms with Crippen LogP contribution in [0, 0.1) is 6.92 Å². The summed E-state index contributed by atoms with van der Waals surface area (Å²) in [4.78, 5) is 12.5. The van der Waals surface area contributed by atoms with Gasteiger partial charge in [-0.1, -0.05) is 17.7 Å². The van der Waals surface area contributed by atoms with Crippen LogP contribution >= 0.6 is 11.3 Å². The summed E-state index contributed by atoms with van der Waals surface area (Å²) < 4.78 is 27.1. The molecule has 6 heteroatoms. The monoisotopic (exact) mass is 323 g/mol. The van der Waals surface area contributed by atoms with Crippen LogP contribution in [-0.4, -0.2) is 20.7 Å². The summed E-state index contributed by atoms with van der Waals surface area (Å²) in [7, 11) is -3.51. The molecule has 0 fully saturated rings. The Bertz CT molecular complexity index is 718. The van der Waals surface area contributed by atoms with E-state index in [0.717, 1.165) is 16.7 Å². The van der Waals surface area contributed by atoms with Gasteiger partial charge >= 0.3 is 0 Å². The zero-order valence-corrected chi connectivity index (χ0v) is 13.5. The summed E-state index contributed by atoms with van der Waals surface area (Å²) in [5.74, 6) is 0. The van der Waals surface area contributed by atoms with E-state index in [1.165, 1.54) is 11.3 Å². The highest BCUT2D eigenvalue weighted by Crippen LogP contribution is 2.17. The van der Waals surface area contributed by atoms with Crippen molar-refractivity contribution in [2.45, 2.75) is 31.2 Å². The maximum atomic E-state index is 12.2. The molecule has 1 N–H and O–H groups in total. The molecule has 1 aromatic heterocycles. The van der Waals surface area contributed by atoms with Gasteiger partial charge in [0, 0.05) is 10.9 Å². The second-order valence-electron chi connectivity index (χ2n) is 4.96. The first-order chi connectivity index (χ1) is 9.90. The molecule has 2 aromatic rings. The van der Waals surface area contributed by atoms with Gasteiger partial charge in [0.2, 0.25) is 10.0 Å². The predicted molar refractivity (Wildman–Crippen MR) is 84.4 cm³/mol. The topological polar surface area (TPSA) is 63.2 Å². The standard InChI is InChI=1S/C15H17NO3S2/c1-11-3-7-15(8-4-11)21(18,19)16-12(2)9-13-5-6-14(10-17)20-13/h3-8,10,12,16H,9H2,1-2H3. The van der Waals surface area contributed by atoms with Gasteiger partial charge in [-0.25, -0.2) is 13.1 Å². The van der Waals surface area contributed by atoms with E-state index >= 15 is 0 Å². The van der Waals surface area contributed by atoms with E-state index in [4.69, 9.17) is 0 Å². The van der Waals surface area contributed by atoms with E-state index in [1.54, 1.807) is 30.3 Å². The molecule has 1 unspecified atom stereocenters. The van der Waals surface area contributed by atoms with Gasteiger partial charge in [0.1, 0.15) is 0 Å². The van der Waals surface area contributed by atoms with E-state index in [1.807, 2.05) is 19.9 Å². The average Bonchev–Trinajstić information content (AvgIpc) is 2.86.